The number of carbonyl (C=O) groups is 1. The molecule has 3 aromatic rings. The van der Waals surface area contributed by atoms with E-state index in [9.17, 15) is 13.6 Å². The minimum absolute atomic E-state index is 0.0294. The predicted octanol–water partition coefficient (Wildman–Crippen LogP) is 5.79. The second-order valence-corrected chi connectivity index (χ2v) is 9.61. The molecule has 3 aromatic heterocycles. The van der Waals surface area contributed by atoms with Gasteiger partial charge in [-0.2, -0.15) is 0 Å². The van der Waals surface area contributed by atoms with Gasteiger partial charge >= 0.3 is 5.97 Å². The van der Waals surface area contributed by atoms with Crippen LogP contribution in [0.3, 0.4) is 0 Å². The normalized spacial score (nSPS) is 12.7. The van der Waals surface area contributed by atoms with Crippen LogP contribution in [0.25, 0.3) is 22.4 Å². The van der Waals surface area contributed by atoms with Crippen molar-refractivity contribution in [2.75, 3.05) is 11.9 Å². The number of esters is 1. The van der Waals surface area contributed by atoms with Gasteiger partial charge in [-0.3, -0.25) is 8.77 Å². The quantitative estimate of drug-likeness (QED) is 0.256. The number of nitrogens with one attached hydrogen (secondary N) is 1. The molecule has 1 unspecified atom stereocenters. The molecule has 0 spiro atoms. The zero-order valence-electron chi connectivity index (χ0n) is 18.2. The molecule has 1 atom stereocenters. The number of fused-ring (bicyclic) bond motifs is 1. The van der Waals surface area contributed by atoms with E-state index in [-0.39, 0.29) is 36.1 Å². The minimum Gasteiger partial charge on any atom is -0.466 e. The number of halogens is 3. The van der Waals surface area contributed by atoms with Crippen molar-refractivity contribution in [3.63, 3.8) is 0 Å². The number of hydrogen-bond acceptors (Lipinski definition) is 7. The van der Waals surface area contributed by atoms with Gasteiger partial charge in [0, 0.05) is 53.5 Å². The van der Waals surface area contributed by atoms with E-state index < -0.39 is 17.7 Å². The van der Waals surface area contributed by atoms with E-state index in [1.165, 1.54) is 15.2 Å². The summed E-state index contributed by atoms with van der Waals surface area (Å²) >= 11 is 2.09. The van der Waals surface area contributed by atoms with Crippen LogP contribution in [0.1, 0.15) is 40.5 Å². The summed E-state index contributed by atoms with van der Waals surface area (Å²) in [5, 5.41) is 3.61. The van der Waals surface area contributed by atoms with Crippen LogP contribution >= 0.6 is 30.3 Å². The van der Waals surface area contributed by atoms with Crippen molar-refractivity contribution < 1.29 is 18.3 Å². The number of aromatic nitrogens is 4. The summed E-state index contributed by atoms with van der Waals surface area (Å²) in [6.45, 7) is 7.99. The summed E-state index contributed by atoms with van der Waals surface area (Å²) in [5.41, 5.74) is 0.733. The first-order chi connectivity index (χ1) is 15.2. The average molecular weight is 575 g/mol. The number of rotatable bonds is 9. The Morgan fingerprint density at radius 2 is 2.06 bits per heavy atom. The van der Waals surface area contributed by atoms with Crippen molar-refractivity contribution in [3.05, 3.63) is 36.3 Å². The topological polar surface area (TPSA) is 81.9 Å². The van der Waals surface area contributed by atoms with Crippen LogP contribution in [0.2, 0.25) is 0 Å². The zero-order valence-corrected chi connectivity index (χ0v) is 21.1. The SMILES string of the molecule is CCOC(=O)CC(Nc1nc(-c2cn(SI)c3ncc(F)cc23)ncc1F)C(C)(C)CC. The molecule has 0 aliphatic heterocycles. The highest BCUT2D eigenvalue weighted by Gasteiger charge is 2.31. The van der Waals surface area contributed by atoms with Gasteiger partial charge in [-0.15, -0.1) is 0 Å². The van der Waals surface area contributed by atoms with Gasteiger partial charge in [-0.1, -0.05) is 20.8 Å². The van der Waals surface area contributed by atoms with Gasteiger partial charge < -0.3 is 10.1 Å². The molecule has 0 aliphatic carbocycles. The Labute approximate surface area is 201 Å². The Bertz CT molecular complexity index is 1130. The lowest BCUT2D eigenvalue weighted by Gasteiger charge is -2.34. The number of pyridine rings is 1. The predicted molar refractivity (Wildman–Crippen MR) is 130 cm³/mol. The molecule has 32 heavy (non-hydrogen) atoms. The van der Waals surface area contributed by atoms with Gasteiger partial charge in [-0.05, 0) is 24.8 Å². The highest BCUT2D eigenvalue weighted by atomic mass is 127. The lowest BCUT2D eigenvalue weighted by atomic mass is 9.80. The van der Waals surface area contributed by atoms with Crippen LogP contribution in [0.4, 0.5) is 14.6 Å². The second kappa shape index (κ2) is 10.3. The van der Waals surface area contributed by atoms with Crippen molar-refractivity contribution >= 4 is 53.1 Å². The van der Waals surface area contributed by atoms with E-state index >= 15 is 0 Å². The van der Waals surface area contributed by atoms with E-state index in [0.29, 0.717) is 16.6 Å². The fourth-order valence-corrected chi connectivity index (χ4v) is 4.46. The Balaban J connectivity index is 2.02. The van der Waals surface area contributed by atoms with Gasteiger partial charge in [-0.25, -0.2) is 23.7 Å². The summed E-state index contributed by atoms with van der Waals surface area (Å²) in [6, 6.07) is 0.930. The maximum atomic E-state index is 14.7. The highest BCUT2D eigenvalue weighted by molar-refractivity contribution is 14.2. The van der Waals surface area contributed by atoms with Crippen LogP contribution in [0.5, 0.6) is 0 Å². The Morgan fingerprint density at radius 3 is 2.72 bits per heavy atom. The van der Waals surface area contributed by atoms with Crippen molar-refractivity contribution in [2.45, 2.75) is 46.6 Å². The molecule has 172 valence electrons. The van der Waals surface area contributed by atoms with Crippen LogP contribution in [0, 0.1) is 17.0 Å². The minimum atomic E-state index is -0.647. The Kier molecular flexibility index (Phi) is 7.91. The highest BCUT2D eigenvalue weighted by Crippen LogP contribution is 2.34. The summed E-state index contributed by atoms with van der Waals surface area (Å²) in [4.78, 5) is 24.8. The number of ether oxygens (including phenoxy) is 1. The van der Waals surface area contributed by atoms with Crippen molar-refractivity contribution in [1.82, 2.24) is 18.9 Å². The summed E-state index contributed by atoms with van der Waals surface area (Å²) in [6.07, 6.45) is 4.75. The largest absolute Gasteiger partial charge is 0.466 e. The lowest BCUT2D eigenvalue weighted by Crippen LogP contribution is -2.38. The third-order valence-corrected chi connectivity index (χ3v) is 7.18. The van der Waals surface area contributed by atoms with Crippen LogP contribution in [-0.4, -0.2) is 37.5 Å². The molecule has 0 radical (unpaired) electrons. The second-order valence-electron chi connectivity index (χ2n) is 7.90. The molecule has 3 rings (SSSR count). The van der Waals surface area contributed by atoms with Gasteiger partial charge in [0.2, 0.25) is 0 Å². The molecule has 1 N–H and O–H groups in total. The Hall–Kier alpha value is -2.02. The van der Waals surface area contributed by atoms with E-state index in [4.69, 9.17) is 4.74 Å². The van der Waals surface area contributed by atoms with Crippen molar-refractivity contribution in [2.24, 2.45) is 5.41 Å². The van der Waals surface area contributed by atoms with Gasteiger partial charge in [0.15, 0.2) is 23.1 Å². The first-order valence-electron chi connectivity index (χ1n) is 10.1. The van der Waals surface area contributed by atoms with E-state index in [1.54, 1.807) is 17.1 Å². The molecule has 7 nitrogen and oxygen atoms in total. The van der Waals surface area contributed by atoms with Crippen LogP contribution in [-0.2, 0) is 9.53 Å². The van der Waals surface area contributed by atoms with Gasteiger partial charge in [0.1, 0.15) is 5.82 Å². The molecule has 3 heterocycles. The molecule has 0 saturated heterocycles. The fourth-order valence-electron chi connectivity index (χ4n) is 3.20. The average Bonchev–Trinajstić information content (AvgIpc) is 3.12. The first-order valence-corrected chi connectivity index (χ1v) is 13.4. The lowest BCUT2D eigenvalue weighted by molar-refractivity contribution is -0.144. The third kappa shape index (κ3) is 5.30. The zero-order chi connectivity index (χ0) is 23.5. The maximum absolute atomic E-state index is 14.7. The van der Waals surface area contributed by atoms with Crippen LogP contribution in [0.15, 0.2) is 24.7 Å². The monoisotopic (exact) mass is 575 g/mol. The molecule has 0 saturated carbocycles. The standard InChI is InChI=1S/C21H24F2IN5O2S/c1-5-21(3,4)16(8-17(30)31-6-2)27-19-15(23)10-25-18(28-19)14-11-29(32-24)20-13(14)7-12(22)9-26-20/h7,9-11,16H,5-6,8H2,1-4H3,(H,25,27,28). The maximum Gasteiger partial charge on any atom is 0.307 e. The molecule has 11 heteroatoms. The molecule has 0 fully saturated rings. The third-order valence-electron chi connectivity index (χ3n) is 5.48. The molecular weight excluding hydrogens is 551 g/mol. The Morgan fingerprint density at radius 1 is 1.31 bits per heavy atom. The van der Waals surface area contributed by atoms with Crippen LogP contribution < -0.4 is 5.32 Å². The van der Waals surface area contributed by atoms with Crippen molar-refractivity contribution in [3.8, 4) is 11.4 Å². The summed E-state index contributed by atoms with van der Waals surface area (Å²) in [7, 11) is 1.36. The molecule has 0 bridgehead atoms. The number of nitrogens with zero attached hydrogens (tertiary/aromatic N) is 4. The fraction of sp³-hybridized carbons (Fsp3) is 0.429. The first kappa shape index (κ1) is 24.6. The number of hydrogen-bond donors (Lipinski definition) is 1. The summed E-state index contributed by atoms with van der Waals surface area (Å²) < 4.78 is 35.4. The smallest absolute Gasteiger partial charge is 0.307 e. The number of anilines is 1. The summed E-state index contributed by atoms with van der Waals surface area (Å²) in [5.74, 6) is -1.32. The van der Waals surface area contributed by atoms with Gasteiger partial charge in [0.25, 0.3) is 0 Å². The van der Waals surface area contributed by atoms with Crippen molar-refractivity contribution in [1.29, 1.82) is 0 Å². The van der Waals surface area contributed by atoms with E-state index in [0.717, 1.165) is 18.8 Å². The molecule has 0 aromatic carbocycles. The molecule has 0 amide bonds. The molecular formula is C21H24F2IN5O2S. The van der Waals surface area contributed by atoms with E-state index in [2.05, 4.69) is 41.5 Å². The number of carbonyl (C=O) groups excluding carboxylic acids is 1. The van der Waals surface area contributed by atoms with E-state index in [1.807, 2.05) is 20.8 Å². The van der Waals surface area contributed by atoms with Gasteiger partial charge in [0.05, 0.1) is 25.4 Å². The molecule has 0 aliphatic rings.